The van der Waals surface area contributed by atoms with Crippen LogP contribution in [-0.4, -0.2) is 28.9 Å². The Bertz CT molecular complexity index is 372. The Hall–Kier alpha value is -1.27. The molecule has 1 amide bonds. The zero-order chi connectivity index (χ0) is 12.7. The standard InChI is InChI=1S/C11H18N4OS/c1-3-8(7-17-2)14-11(16)10-6-9(15-12)4-5-13-10/h4-6,8H,3,7,12H2,1-2H3,(H,13,15)(H,14,16). The molecule has 0 radical (unpaired) electrons. The van der Waals surface area contributed by atoms with E-state index in [1.165, 1.54) is 0 Å². The van der Waals surface area contributed by atoms with Crippen LogP contribution < -0.4 is 16.6 Å². The summed E-state index contributed by atoms with van der Waals surface area (Å²) in [7, 11) is 0. The van der Waals surface area contributed by atoms with Crippen molar-refractivity contribution in [1.82, 2.24) is 10.3 Å². The fourth-order valence-electron chi connectivity index (χ4n) is 1.37. The number of carbonyl (C=O) groups excluding carboxylic acids is 1. The molecule has 0 spiro atoms. The summed E-state index contributed by atoms with van der Waals surface area (Å²) < 4.78 is 0. The molecular weight excluding hydrogens is 236 g/mol. The summed E-state index contributed by atoms with van der Waals surface area (Å²) in [6.07, 6.45) is 4.48. The number of rotatable bonds is 6. The van der Waals surface area contributed by atoms with Crippen LogP contribution >= 0.6 is 11.8 Å². The number of hydrogen-bond acceptors (Lipinski definition) is 5. The van der Waals surface area contributed by atoms with Gasteiger partial charge in [-0.3, -0.25) is 15.6 Å². The minimum Gasteiger partial charge on any atom is -0.347 e. The maximum Gasteiger partial charge on any atom is 0.270 e. The number of hydrazine groups is 1. The van der Waals surface area contributed by atoms with Gasteiger partial charge >= 0.3 is 0 Å². The number of nitrogens with two attached hydrogens (primary N) is 1. The summed E-state index contributed by atoms with van der Waals surface area (Å²) in [6.45, 7) is 2.05. The molecule has 0 aromatic carbocycles. The monoisotopic (exact) mass is 254 g/mol. The second-order valence-electron chi connectivity index (χ2n) is 3.61. The lowest BCUT2D eigenvalue weighted by Gasteiger charge is -2.15. The first kappa shape index (κ1) is 13.8. The van der Waals surface area contributed by atoms with E-state index in [-0.39, 0.29) is 11.9 Å². The fourth-order valence-corrected chi connectivity index (χ4v) is 2.09. The van der Waals surface area contributed by atoms with Crippen LogP contribution in [0.3, 0.4) is 0 Å². The third-order valence-corrected chi connectivity index (χ3v) is 3.09. The summed E-state index contributed by atoms with van der Waals surface area (Å²) in [5.41, 5.74) is 3.54. The first-order chi connectivity index (χ1) is 8.21. The summed E-state index contributed by atoms with van der Waals surface area (Å²) in [5, 5.41) is 2.94. The number of thioether (sulfide) groups is 1. The molecule has 0 saturated heterocycles. The van der Waals surface area contributed by atoms with Crippen molar-refractivity contribution in [2.24, 2.45) is 5.84 Å². The molecule has 0 saturated carbocycles. The summed E-state index contributed by atoms with van der Waals surface area (Å²) in [5.74, 6) is 6.02. The van der Waals surface area contributed by atoms with Crippen LogP contribution in [0.25, 0.3) is 0 Å². The predicted molar refractivity (Wildman–Crippen MR) is 72.0 cm³/mol. The van der Waals surface area contributed by atoms with Crippen LogP contribution in [-0.2, 0) is 0 Å². The molecule has 94 valence electrons. The highest BCUT2D eigenvalue weighted by Crippen LogP contribution is 2.07. The molecule has 0 aliphatic heterocycles. The number of nitrogens with zero attached hydrogens (tertiary/aromatic N) is 1. The van der Waals surface area contributed by atoms with Gasteiger partial charge in [-0.2, -0.15) is 11.8 Å². The smallest absolute Gasteiger partial charge is 0.270 e. The van der Waals surface area contributed by atoms with Crippen LogP contribution in [0.1, 0.15) is 23.8 Å². The summed E-state index contributed by atoms with van der Waals surface area (Å²) in [6, 6.07) is 3.51. The van der Waals surface area contributed by atoms with Crippen LogP contribution in [0.4, 0.5) is 5.69 Å². The lowest BCUT2D eigenvalue weighted by atomic mass is 10.2. The molecule has 5 nitrogen and oxygen atoms in total. The molecule has 0 aliphatic carbocycles. The normalized spacial score (nSPS) is 11.9. The minimum absolute atomic E-state index is 0.164. The third kappa shape index (κ3) is 4.24. The second kappa shape index (κ2) is 7.13. The van der Waals surface area contributed by atoms with E-state index in [4.69, 9.17) is 5.84 Å². The van der Waals surface area contributed by atoms with Gasteiger partial charge in [-0.15, -0.1) is 0 Å². The van der Waals surface area contributed by atoms with E-state index < -0.39 is 0 Å². The molecule has 4 N–H and O–H groups in total. The lowest BCUT2D eigenvalue weighted by molar-refractivity contribution is 0.0935. The maximum atomic E-state index is 11.9. The minimum atomic E-state index is -0.164. The predicted octanol–water partition coefficient (Wildman–Crippen LogP) is 1.24. The molecule has 1 rings (SSSR count). The Kier molecular flexibility index (Phi) is 5.79. The molecule has 1 aromatic heterocycles. The van der Waals surface area contributed by atoms with Gasteiger partial charge in [-0.1, -0.05) is 6.92 Å². The van der Waals surface area contributed by atoms with E-state index in [1.807, 2.05) is 13.2 Å². The topological polar surface area (TPSA) is 80.0 Å². The Morgan fingerprint density at radius 2 is 2.41 bits per heavy atom. The third-order valence-electron chi connectivity index (χ3n) is 2.36. The van der Waals surface area contributed by atoms with Crippen molar-refractivity contribution >= 4 is 23.4 Å². The Balaban J connectivity index is 2.68. The van der Waals surface area contributed by atoms with Crippen LogP contribution in [0.2, 0.25) is 0 Å². The molecule has 0 fully saturated rings. The van der Waals surface area contributed by atoms with Crippen molar-refractivity contribution in [3.05, 3.63) is 24.0 Å². The zero-order valence-corrected chi connectivity index (χ0v) is 10.9. The van der Waals surface area contributed by atoms with E-state index in [0.29, 0.717) is 11.4 Å². The highest BCUT2D eigenvalue weighted by Gasteiger charge is 2.12. The molecular formula is C11H18N4OS. The maximum absolute atomic E-state index is 11.9. The Labute approximate surface area is 106 Å². The summed E-state index contributed by atoms with van der Waals surface area (Å²) >= 11 is 1.71. The van der Waals surface area contributed by atoms with Gasteiger partial charge in [0.15, 0.2) is 0 Å². The zero-order valence-electron chi connectivity index (χ0n) is 10.1. The van der Waals surface area contributed by atoms with Crippen molar-refractivity contribution in [1.29, 1.82) is 0 Å². The van der Waals surface area contributed by atoms with Gasteiger partial charge in [-0.05, 0) is 24.8 Å². The van der Waals surface area contributed by atoms with E-state index in [0.717, 1.165) is 12.2 Å². The first-order valence-electron chi connectivity index (χ1n) is 5.43. The van der Waals surface area contributed by atoms with Gasteiger partial charge < -0.3 is 10.7 Å². The van der Waals surface area contributed by atoms with Crippen molar-refractivity contribution in [2.45, 2.75) is 19.4 Å². The van der Waals surface area contributed by atoms with Crippen molar-refractivity contribution in [2.75, 3.05) is 17.4 Å². The van der Waals surface area contributed by atoms with Crippen LogP contribution in [0, 0.1) is 0 Å². The van der Waals surface area contributed by atoms with Gasteiger partial charge in [-0.25, -0.2) is 0 Å². The van der Waals surface area contributed by atoms with Gasteiger partial charge in [0.2, 0.25) is 0 Å². The average Bonchev–Trinajstić information content (AvgIpc) is 2.38. The molecule has 1 heterocycles. The van der Waals surface area contributed by atoms with Gasteiger partial charge in [0.05, 0.1) is 5.69 Å². The first-order valence-corrected chi connectivity index (χ1v) is 6.83. The Morgan fingerprint density at radius 3 is 3.00 bits per heavy atom. The lowest BCUT2D eigenvalue weighted by Crippen LogP contribution is -2.36. The molecule has 17 heavy (non-hydrogen) atoms. The Morgan fingerprint density at radius 1 is 1.65 bits per heavy atom. The average molecular weight is 254 g/mol. The number of nitrogen functional groups attached to an aromatic ring is 1. The number of pyridine rings is 1. The number of carbonyl (C=O) groups is 1. The number of nitrogens with one attached hydrogen (secondary N) is 2. The van der Waals surface area contributed by atoms with Crippen molar-refractivity contribution in [3.8, 4) is 0 Å². The van der Waals surface area contributed by atoms with E-state index in [9.17, 15) is 4.79 Å². The van der Waals surface area contributed by atoms with Crippen LogP contribution in [0.5, 0.6) is 0 Å². The molecule has 0 aliphatic rings. The molecule has 0 bridgehead atoms. The van der Waals surface area contributed by atoms with Gasteiger partial charge in [0.25, 0.3) is 5.91 Å². The molecule has 1 unspecified atom stereocenters. The fraction of sp³-hybridized carbons (Fsp3) is 0.455. The second-order valence-corrected chi connectivity index (χ2v) is 4.52. The number of anilines is 1. The summed E-state index contributed by atoms with van der Waals surface area (Å²) in [4.78, 5) is 15.9. The van der Waals surface area contributed by atoms with Crippen molar-refractivity contribution < 1.29 is 4.79 Å². The SMILES string of the molecule is CCC(CSC)NC(=O)c1cc(NN)ccn1. The number of hydrogen-bond donors (Lipinski definition) is 3. The highest BCUT2D eigenvalue weighted by atomic mass is 32.2. The quantitative estimate of drug-likeness (QED) is 0.526. The highest BCUT2D eigenvalue weighted by molar-refractivity contribution is 7.98. The van der Waals surface area contributed by atoms with Crippen LogP contribution in [0.15, 0.2) is 18.3 Å². The van der Waals surface area contributed by atoms with E-state index in [1.54, 1.807) is 30.1 Å². The molecule has 6 heteroatoms. The largest absolute Gasteiger partial charge is 0.347 e. The number of aromatic nitrogens is 1. The van der Waals surface area contributed by atoms with E-state index >= 15 is 0 Å². The van der Waals surface area contributed by atoms with Crippen molar-refractivity contribution in [3.63, 3.8) is 0 Å². The molecule has 1 aromatic rings. The van der Waals surface area contributed by atoms with Gasteiger partial charge in [0, 0.05) is 18.0 Å². The van der Waals surface area contributed by atoms with E-state index in [2.05, 4.69) is 15.7 Å². The molecule has 1 atom stereocenters. The van der Waals surface area contributed by atoms with Gasteiger partial charge in [0.1, 0.15) is 5.69 Å². The number of amides is 1.